The summed E-state index contributed by atoms with van der Waals surface area (Å²) in [5, 5.41) is 9.25. The topological polar surface area (TPSA) is 49.8 Å². The molecule has 2 rings (SSSR count). The van der Waals surface area contributed by atoms with Crippen LogP contribution in [0.5, 0.6) is 0 Å². The number of benzene rings is 2. The molecule has 0 aliphatic heterocycles. The van der Waals surface area contributed by atoms with Gasteiger partial charge in [0.2, 0.25) is 0 Å². The van der Waals surface area contributed by atoms with Crippen molar-refractivity contribution >= 4 is 5.97 Å². The van der Waals surface area contributed by atoms with Crippen LogP contribution in [0.3, 0.4) is 0 Å². The summed E-state index contributed by atoms with van der Waals surface area (Å²) < 4.78 is 5.33. The first-order valence-corrected chi connectivity index (χ1v) is 8.33. The number of carboxylic acid groups (broad SMARTS) is 1. The lowest BCUT2D eigenvalue weighted by Crippen LogP contribution is -2.31. The van der Waals surface area contributed by atoms with E-state index in [1.54, 1.807) is 0 Å². The second kappa shape index (κ2) is 9.85. The maximum atomic E-state index is 11.3. The molecule has 0 saturated carbocycles. The summed E-state index contributed by atoms with van der Waals surface area (Å²) in [4.78, 5) is 13.5. The monoisotopic (exact) mass is 327 g/mol. The molecule has 4 heteroatoms. The number of carboxylic acids is 1. The molecule has 0 amide bonds. The highest BCUT2D eigenvalue weighted by Crippen LogP contribution is 2.12. The fraction of sp³-hybridized carbons (Fsp3) is 0.350. The van der Waals surface area contributed by atoms with E-state index in [0.717, 1.165) is 13.1 Å². The third kappa shape index (κ3) is 6.14. The molecule has 0 bridgehead atoms. The standard InChI is InChI=1S/C20H25NO3/c1-2-24-19(20(22)23)13-14-21(15-17-9-5-3-6-10-17)16-18-11-7-4-8-12-18/h3-12,19H,2,13-16H2,1H3,(H,22,23). The SMILES string of the molecule is CCOC(CCN(Cc1ccccc1)Cc1ccccc1)C(=O)O. The Labute approximate surface area is 143 Å². The lowest BCUT2D eigenvalue weighted by atomic mass is 10.1. The Morgan fingerprint density at radius 1 is 1.00 bits per heavy atom. The minimum Gasteiger partial charge on any atom is -0.479 e. The van der Waals surface area contributed by atoms with E-state index in [9.17, 15) is 9.90 Å². The lowest BCUT2D eigenvalue weighted by Gasteiger charge is -2.24. The van der Waals surface area contributed by atoms with Crippen molar-refractivity contribution in [2.45, 2.75) is 32.5 Å². The summed E-state index contributed by atoms with van der Waals surface area (Å²) in [7, 11) is 0. The molecule has 0 radical (unpaired) electrons. The van der Waals surface area contributed by atoms with Crippen LogP contribution in [0, 0.1) is 0 Å². The highest BCUT2D eigenvalue weighted by atomic mass is 16.5. The van der Waals surface area contributed by atoms with Gasteiger partial charge in [0.15, 0.2) is 6.10 Å². The van der Waals surface area contributed by atoms with Gasteiger partial charge in [-0.05, 0) is 24.5 Å². The van der Waals surface area contributed by atoms with Gasteiger partial charge in [-0.2, -0.15) is 0 Å². The maximum Gasteiger partial charge on any atom is 0.332 e. The highest BCUT2D eigenvalue weighted by molar-refractivity contribution is 5.72. The number of aliphatic carboxylic acids is 1. The van der Waals surface area contributed by atoms with Gasteiger partial charge in [-0.3, -0.25) is 4.90 Å². The molecule has 1 unspecified atom stereocenters. The predicted molar refractivity (Wildman–Crippen MR) is 94.7 cm³/mol. The molecular weight excluding hydrogens is 302 g/mol. The number of carbonyl (C=O) groups is 1. The minimum absolute atomic E-state index is 0.411. The van der Waals surface area contributed by atoms with Gasteiger partial charge < -0.3 is 9.84 Å². The van der Waals surface area contributed by atoms with Crippen LogP contribution in [-0.2, 0) is 22.6 Å². The highest BCUT2D eigenvalue weighted by Gasteiger charge is 2.19. The maximum absolute atomic E-state index is 11.3. The Morgan fingerprint density at radius 3 is 1.92 bits per heavy atom. The fourth-order valence-corrected chi connectivity index (χ4v) is 2.68. The van der Waals surface area contributed by atoms with Crippen LogP contribution in [0.4, 0.5) is 0 Å². The molecule has 2 aromatic rings. The zero-order chi connectivity index (χ0) is 17.2. The van der Waals surface area contributed by atoms with Crippen molar-refractivity contribution in [3.05, 3.63) is 71.8 Å². The second-order valence-corrected chi connectivity index (χ2v) is 5.75. The molecule has 0 aromatic heterocycles. The van der Waals surface area contributed by atoms with Crippen LogP contribution >= 0.6 is 0 Å². The normalized spacial score (nSPS) is 12.2. The van der Waals surface area contributed by atoms with E-state index < -0.39 is 12.1 Å². The average molecular weight is 327 g/mol. The first kappa shape index (κ1) is 18.2. The first-order valence-electron chi connectivity index (χ1n) is 8.33. The summed E-state index contributed by atoms with van der Waals surface area (Å²) in [6.45, 7) is 4.47. The van der Waals surface area contributed by atoms with Gasteiger partial charge in [0.05, 0.1) is 0 Å². The van der Waals surface area contributed by atoms with Crippen molar-refractivity contribution in [1.29, 1.82) is 0 Å². The van der Waals surface area contributed by atoms with Crippen LogP contribution in [0.2, 0.25) is 0 Å². The smallest absolute Gasteiger partial charge is 0.332 e. The van der Waals surface area contributed by atoms with E-state index >= 15 is 0 Å². The van der Waals surface area contributed by atoms with E-state index in [2.05, 4.69) is 29.2 Å². The van der Waals surface area contributed by atoms with Crippen molar-refractivity contribution in [2.24, 2.45) is 0 Å². The van der Waals surface area contributed by atoms with Gasteiger partial charge >= 0.3 is 5.97 Å². The Balaban J connectivity index is 2.02. The molecule has 128 valence electrons. The van der Waals surface area contributed by atoms with Gasteiger partial charge in [-0.1, -0.05) is 60.7 Å². The van der Waals surface area contributed by atoms with E-state index in [1.165, 1.54) is 11.1 Å². The quantitative estimate of drug-likeness (QED) is 0.725. The summed E-state index contributed by atoms with van der Waals surface area (Å²) >= 11 is 0. The molecule has 1 N–H and O–H groups in total. The lowest BCUT2D eigenvalue weighted by molar-refractivity contribution is -0.150. The molecule has 0 spiro atoms. The molecule has 4 nitrogen and oxygen atoms in total. The van der Waals surface area contributed by atoms with Crippen molar-refractivity contribution in [1.82, 2.24) is 4.90 Å². The molecule has 0 aliphatic carbocycles. The Kier molecular flexibility index (Phi) is 7.46. The van der Waals surface area contributed by atoms with Crippen LogP contribution in [0.25, 0.3) is 0 Å². The minimum atomic E-state index is -0.892. The molecule has 24 heavy (non-hydrogen) atoms. The Morgan fingerprint density at radius 2 is 1.50 bits per heavy atom. The van der Waals surface area contributed by atoms with Crippen molar-refractivity contribution in [3.63, 3.8) is 0 Å². The summed E-state index contributed by atoms with van der Waals surface area (Å²) in [6.07, 6.45) is -0.271. The van der Waals surface area contributed by atoms with Gasteiger partial charge in [0.1, 0.15) is 0 Å². The van der Waals surface area contributed by atoms with Gasteiger partial charge in [-0.25, -0.2) is 4.79 Å². The second-order valence-electron chi connectivity index (χ2n) is 5.75. The van der Waals surface area contributed by atoms with Crippen molar-refractivity contribution in [2.75, 3.05) is 13.2 Å². The summed E-state index contributed by atoms with van der Waals surface area (Å²) in [6, 6.07) is 20.5. The molecule has 0 saturated heterocycles. The van der Waals surface area contributed by atoms with Crippen LogP contribution in [-0.4, -0.2) is 35.2 Å². The molecule has 1 atom stereocenters. The Hall–Kier alpha value is -2.17. The largest absolute Gasteiger partial charge is 0.479 e. The van der Waals surface area contributed by atoms with Gasteiger partial charge in [0, 0.05) is 26.2 Å². The fourth-order valence-electron chi connectivity index (χ4n) is 2.68. The van der Waals surface area contributed by atoms with Crippen molar-refractivity contribution < 1.29 is 14.6 Å². The third-order valence-electron chi connectivity index (χ3n) is 3.85. The van der Waals surface area contributed by atoms with E-state index in [-0.39, 0.29) is 0 Å². The van der Waals surface area contributed by atoms with Crippen LogP contribution < -0.4 is 0 Å². The molecule has 0 aliphatic rings. The van der Waals surface area contributed by atoms with Crippen LogP contribution in [0.15, 0.2) is 60.7 Å². The van der Waals surface area contributed by atoms with Gasteiger partial charge in [-0.15, -0.1) is 0 Å². The summed E-state index contributed by atoms with van der Waals surface area (Å²) in [5.74, 6) is -0.892. The first-order chi connectivity index (χ1) is 11.7. The van der Waals surface area contributed by atoms with Crippen LogP contribution in [0.1, 0.15) is 24.5 Å². The predicted octanol–water partition coefficient (Wildman–Crippen LogP) is 3.57. The van der Waals surface area contributed by atoms with Crippen molar-refractivity contribution in [3.8, 4) is 0 Å². The number of ether oxygens (including phenoxy) is 1. The zero-order valence-corrected chi connectivity index (χ0v) is 14.1. The molecular formula is C20H25NO3. The number of rotatable bonds is 10. The molecule has 0 fully saturated rings. The number of hydrogen-bond donors (Lipinski definition) is 1. The molecule has 0 heterocycles. The average Bonchev–Trinajstić information content (AvgIpc) is 2.60. The number of nitrogens with zero attached hydrogens (tertiary/aromatic N) is 1. The van der Waals surface area contributed by atoms with E-state index in [1.807, 2.05) is 43.3 Å². The summed E-state index contributed by atoms with van der Waals surface area (Å²) in [5.41, 5.74) is 2.44. The third-order valence-corrected chi connectivity index (χ3v) is 3.85. The van der Waals surface area contributed by atoms with Gasteiger partial charge in [0.25, 0.3) is 0 Å². The molecule has 2 aromatic carbocycles. The number of hydrogen-bond acceptors (Lipinski definition) is 3. The van der Waals surface area contributed by atoms with E-state index in [4.69, 9.17) is 4.74 Å². The Bertz CT molecular complexity index is 559. The van der Waals surface area contributed by atoms with E-state index in [0.29, 0.717) is 19.6 Å². The zero-order valence-electron chi connectivity index (χ0n) is 14.1.